The van der Waals surface area contributed by atoms with E-state index in [9.17, 15) is 18.0 Å². The minimum absolute atomic E-state index is 0.0146. The van der Waals surface area contributed by atoms with Crippen LogP contribution in [0.25, 0.3) is 11.1 Å². The van der Waals surface area contributed by atoms with Gasteiger partial charge in [0.25, 0.3) is 5.91 Å². The molecule has 2 aliphatic heterocycles. The fraction of sp³-hybridized carbons (Fsp3) is 0.654. The van der Waals surface area contributed by atoms with Gasteiger partial charge in [-0.05, 0) is 74.6 Å². The van der Waals surface area contributed by atoms with Crippen molar-refractivity contribution in [3.05, 3.63) is 33.3 Å². The lowest BCUT2D eigenvalue weighted by Gasteiger charge is -2.35. The van der Waals surface area contributed by atoms with Gasteiger partial charge in [-0.2, -0.15) is 0 Å². The number of H-pyrrole nitrogens is 1. The number of benzene rings is 1. The number of aryl methyl sites for hydroxylation is 2. The maximum atomic E-state index is 13.3. The molecule has 2 aromatic rings. The number of aromatic amines is 1. The molecule has 196 valence electrons. The summed E-state index contributed by atoms with van der Waals surface area (Å²) in [4.78, 5) is 34.2. The molecule has 5 rings (SSSR count). The van der Waals surface area contributed by atoms with Gasteiger partial charge in [0.2, 0.25) is 10.0 Å². The first-order chi connectivity index (χ1) is 17.0. The second-order valence-electron chi connectivity index (χ2n) is 11.0. The molecule has 36 heavy (non-hydrogen) atoms. The highest BCUT2D eigenvalue weighted by atomic mass is 32.2. The lowest BCUT2D eigenvalue weighted by Crippen LogP contribution is -2.51. The molecule has 2 fully saturated rings. The number of piperidine rings is 1. The number of sulfonamides is 1. The third kappa shape index (κ3) is 4.32. The number of hydrogen-bond acceptors (Lipinski definition) is 6. The van der Waals surface area contributed by atoms with Crippen LogP contribution in [0.1, 0.15) is 62.1 Å². The van der Waals surface area contributed by atoms with Gasteiger partial charge in [0.15, 0.2) is 5.58 Å². The summed E-state index contributed by atoms with van der Waals surface area (Å²) < 4.78 is 33.3. The summed E-state index contributed by atoms with van der Waals surface area (Å²) >= 11 is 0. The molecule has 1 aliphatic carbocycles. The third-order valence-corrected chi connectivity index (χ3v) is 10.5. The number of aromatic nitrogens is 1. The second kappa shape index (κ2) is 9.13. The van der Waals surface area contributed by atoms with Crippen LogP contribution in [0.5, 0.6) is 0 Å². The fourth-order valence-electron chi connectivity index (χ4n) is 6.30. The van der Waals surface area contributed by atoms with Gasteiger partial charge < -0.3 is 9.32 Å². The fourth-order valence-corrected chi connectivity index (χ4v) is 7.76. The first-order valence-corrected chi connectivity index (χ1v) is 14.6. The van der Waals surface area contributed by atoms with Crippen molar-refractivity contribution in [2.75, 3.05) is 25.9 Å². The number of carbonyl (C=O) groups is 1. The molecular formula is C26H36N4O5S. The van der Waals surface area contributed by atoms with Crippen molar-refractivity contribution in [1.82, 2.24) is 14.2 Å². The van der Waals surface area contributed by atoms with Crippen LogP contribution < -0.4 is 5.76 Å². The lowest BCUT2D eigenvalue weighted by atomic mass is 9.82. The standard InChI is InChI=1S/C26H36N4O5S/c1-16-5-7-19(8-6-16)23-28-26(24(31)29(23)4)10-12-30(13-11-26)36(33,34)14-9-20-17(2)15-21-22(18(20)3)35-25(32)27-21/h15-16,19H,5-14H2,1-4H3,(H,27,32). The van der Waals surface area contributed by atoms with E-state index in [-0.39, 0.29) is 11.7 Å². The summed E-state index contributed by atoms with van der Waals surface area (Å²) in [5, 5.41) is 0. The van der Waals surface area contributed by atoms with Gasteiger partial charge in [-0.1, -0.05) is 19.8 Å². The first kappa shape index (κ1) is 25.2. The number of nitrogens with one attached hydrogen (secondary N) is 1. The molecule has 1 amide bonds. The Morgan fingerprint density at radius 3 is 2.47 bits per heavy atom. The molecular weight excluding hydrogens is 480 g/mol. The zero-order chi connectivity index (χ0) is 25.8. The summed E-state index contributed by atoms with van der Waals surface area (Å²) in [6, 6.07) is 1.82. The van der Waals surface area contributed by atoms with E-state index in [4.69, 9.17) is 9.41 Å². The van der Waals surface area contributed by atoms with Crippen molar-refractivity contribution in [3.63, 3.8) is 0 Å². The van der Waals surface area contributed by atoms with Crippen LogP contribution in [0.4, 0.5) is 0 Å². The highest BCUT2D eigenvalue weighted by Gasteiger charge is 2.51. The van der Waals surface area contributed by atoms with Crippen molar-refractivity contribution >= 4 is 32.9 Å². The predicted octanol–water partition coefficient (Wildman–Crippen LogP) is 3.14. The Labute approximate surface area is 212 Å². The number of carbonyl (C=O) groups excluding carboxylic acids is 1. The zero-order valence-electron chi connectivity index (χ0n) is 21.6. The van der Waals surface area contributed by atoms with Gasteiger partial charge in [-0.15, -0.1) is 0 Å². The molecule has 0 unspecified atom stereocenters. The van der Waals surface area contributed by atoms with Crippen molar-refractivity contribution < 1.29 is 17.6 Å². The average molecular weight is 517 g/mol. The number of nitrogens with zero attached hydrogens (tertiary/aromatic N) is 3. The zero-order valence-corrected chi connectivity index (χ0v) is 22.4. The summed E-state index contributed by atoms with van der Waals surface area (Å²) in [5.74, 6) is 1.41. The molecule has 3 heterocycles. The molecule has 1 aromatic heterocycles. The number of likely N-dealkylation sites (N-methyl/N-ethyl adjacent to an activating group) is 1. The number of amidine groups is 1. The molecule has 1 saturated carbocycles. The molecule has 1 saturated heterocycles. The number of oxazole rings is 1. The van der Waals surface area contributed by atoms with Crippen LogP contribution in [0.15, 0.2) is 20.3 Å². The molecule has 0 bridgehead atoms. The van der Waals surface area contributed by atoms with E-state index >= 15 is 0 Å². The Balaban J connectivity index is 1.27. The Kier molecular flexibility index (Phi) is 6.39. The molecule has 0 radical (unpaired) electrons. The molecule has 10 heteroatoms. The minimum atomic E-state index is -3.52. The number of rotatable bonds is 5. The Hall–Kier alpha value is -2.46. The van der Waals surface area contributed by atoms with Gasteiger partial charge in [-0.3, -0.25) is 14.8 Å². The Bertz CT molecular complexity index is 1370. The van der Waals surface area contributed by atoms with E-state index in [1.165, 1.54) is 4.31 Å². The maximum absolute atomic E-state index is 13.3. The molecule has 3 aliphatic rings. The van der Waals surface area contributed by atoms with E-state index in [0.29, 0.717) is 49.4 Å². The smallest absolute Gasteiger partial charge is 0.408 e. The van der Waals surface area contributed by atoms with E-state index < -0.39 is 21.3 Å². The highest BCUT2D eigenvalue weighted by Crippen LogP contribution is 2.39. The SMILES string of the molecule is Cc1cc2[nH]c(=O)oc2c(C)c1CCS(=O)(=O)N1CCC2(CC1)N=C(C1CCC(C)CC1)N(C)C2=O. The van der Waals surface area contributed by atoms with E-state index in [1.54, 1.807) is 4.90 Å². The van der Waals surface area contributed by atoms with Gasteiger partial charge in [0.05, 0.1) is 11.3 Å². The monoisotopic (exact) mass is 516 g/mol. The third-order valence-electron chi connectivity index (χ3n) is 8.62. The van der Waals surface area contributed by atoms with Crippen LogP contribution in [0.3, 0.4) is 0 Å². The van der Waals surface area contributed by atoms with Crippen LogP contribution in [0, 0.1) is 25.7 Å². The largest absolute Gasteiger partial charge is 0.417 e. The second-order valence-corrected chi connectivity index (χ2v) is 13.1. The predicted molar refractivity (Wildman–Crippen MR) is 139 cm³/mol. The topological polar surface area (TPSA) is 116 Å². The quantitative estimate of drug-likeness (QED) is 0.655. The highest BCUT2D eigenvalue weighted by molar-refractivity contribution is 7.89. The van der Waals surface area contributed by atoms with Crippen LogP contribution in [0.2, 0.25) is 0 Å². The summed E-state index contributed by atoms with van der Waals surface area (Å²) in [6.07, 6.45) is 5.60. The van der Waals surface area contributed by atoms with Gasteiger partial charge in [-0.25, -0.2) is 17.5 Å². The number of hydrogen-bond donors (Lipinski definition) is 1. The van der Waals surface area contributed by atoms with E-state index in [0.717, 1.165) is 54.1 Å². The molecule has 9 nitrogen and oxygen atoms in total. The van der Waals surface area contributed by atoms with Crippen LogP contribution in [-0.4, -0.2) is 65.8 Å². The van der Waals surface area contributed by atoms with Gasteiger partial charge in [0.1, 0.15) is 11.4 Å². The molecule has 0 atom stereocenters. The van der Waals surface area contributed by atoms with Gasteiger partial charge >= 0.3 is 5.76 Å². The minimum Gasteiger partial charge on any atom is -0.408 e. The Morgan fingerprint density at radius 1 is 1.14 bits per heavy atom. The number of aliphatic imine (C=N–C) groups is 1. The molecule has 1 N–H and O–H groups in total. The van der Waals surface area contributed by atoms with Crippen LogP contribution >= 0.6 is 0 Å². The van der Waals surface area contributed by atoms with Crippen molar-refractivity contribution in [2.24, 2.45) is 16.8 Å². The lowest BCUT2D eigenvalue weighted by molar-refractivity contribution is -0.131. The number of fused-ring (bicyclic) bond motifs is 1. The van der Waals surface area contributed by atoms with Crippen molar-refractivity contribution in [2.45, 2.75) is 71.3 Å². The number of amides is 1. The average Bonchev–Trinajstić information content (AvgIpc) is 3.32. The van der Waals surface area contributed by atoms with Crippen molar-refractivity contribution in [3.8, 4) is 0 Å². The molecule has 1 spiro atoms. The van der Waals surface area contributed by atoms with E-state index in [1.807, 2.05) is 27.0 Å². The van der Waals surface area contributed by atoms with Gasteiger partial charge in [0, 0.05) is 26.1 Å². The normalized spacial score (nSPS) is 25.2. The van der Waals surface area contributed by atoms with E-state index in [2.05, 4.69) is 11.9 Å². The van der Waals surface area contributed by atoms with Crippen LogP contribution in [-0.2, 0) is 21.2 Å². The summed E-state index contributed by atoms with van der Waals surface area (Å²) in [6.45, 7) is 6.63. The summed E-state index contributed by atoms with van der Waals surface area (Å²) in [7, 11) is -1.70. The summed E-state index contributed by atoms with van der Waals surface area (Å²) in [5.41, 5.74) is 2.87. The first-order valence-electron chi connectivity index (χ1n) is 13.0. The molecule has 1 aromatic carbocycles. The van der Waals surface area contributed by atoms with Crippen molar-refractivity contribution in [1.29, 1.82) is 0 Å². The Morgan fingerprint density at radius 2 is 1.81 bits per heavy atom. The maximum Gasteiger partial charge on any atom is 0.417 e.